The Bertz CT molecular complexity index is 1260. The zero-order chi connectivity index (χ0) is 21.6. The van der Waals surface area contributed by atoms with E-state index in [9.17, 15) is 0 Å². The van der Waals surface area contributed by atoms with Gasteiger partial charge in [-0.15, -0.1) is 0 Å². The maximum absolute atomic E-state index is 6.29. The van der Waals surface area contributed by atoms with E-state index in [0.29, 0.717) is 11.6 Å². The Hall–Kier alpha value is -3.56. The van der Waals surface area contributed by atoms with Crippen molar-refractivity contribution in [1.29, 1.82) is 0 Å². The van der Waals surface area contributed by atoms with Crippen LogP contribution in [-0.4, -0.2) is 15.0 Å². The summed E-state index contributed by atoms with van der Waals surface area (Å²) in [5, 5.41) is 0.177. The molecule has 0 unspecified atom stereocenters. The summed E-state index contributed by atoms with van der Waals surface area (Å²) >= 11 is 6.29. The second kappa shape index (κ2) is 9.50. The van der Waals surface area contributed by atoms with Crippen LogP contribution in [0.2, 0.25) is 5.28 Å². The molecule has 152 valence electrons. The average Bonchev–Trinajstić information content (AvgIpc) is 2.83. The van der Waals surface area contributed by atoms with Crippen molar-refractivity contribution in [3.05, 3.63) is 108 Å². The summed E-state index contributed by atoms with van der Waals surface area (Å²) in [6.45, 7) is 4.08. The highest BCUT2D eigenvalue weighted by Crippen LogP contribution is 2.27. The number of rotatable bonds is 5. The van der Waals surface area contributed by atoms with Crippen molar-refractivity contribution in [2.75, 3.05) is 0 Å². The lowest BCUT2D eigenvalue weighted by Gasteiger charge is -2.08. The molecule has 0 aliphatic rings. The Morgan fingerprint density at radius 1 is 0.710 bits per heavy atom. The van der Waals surface area contributed by atoms with Gasteiger partial charge >= 0.3 is 0 Å². The first-order valence-corrected chi connectivity index (χ1v) is 10.5. The quantitative estimate of drug-likeness (QED) is 0.312. The second-order valence-corrected chi connectivity index (χ2v) is 7.49. The van der Waals surface area contributed by atoms with Crippen LogP contribution in [0.4, 0.5) is 0 Å². The molecule has 1 aromatic heterocycles. The van der Waals surface area contributed by atoms with E-state index in [1.165, 1.54) is 0 Å². The fourth-order valence-electron chi connectivity index (χ4n) is 3.32. The lowest BCUT2D eigenvalue weighted by atomic mass is 10.0. The summed E-state index contributed by atoms with van der Waals surface area (Å²) in [5.74, 6) is 1.11. The van der Waals surface area contributed by atoms with Gasteiger partial charge in [-0.25, -0.2) is 4.98 Å². The molecule has 0 aliphatic heterocycles. The molecule has 0 N–H and O–H groups in total. The van der Waals surface area contributed by atoms with Gasteiger partial charge in [-0.3, -0.25) is 0 Å². The van der Waals surface area contributed by atoms with E-state index in [1.807, 2.05) is 61.5 Å². The van der Waals surface area contributed by atoms with Crippen molar-refractivity contribution in [2.45, 2.75) is 13.8 Å². The first-order valence-electron chi connectivity index (χ1n) is 10.1. The van der Waals surface area contributed by atoms with E-state index < -0.39 is 0 Å². The van der Waals surface area contributed by atoms with Crippen molar-refractivity contribution >= 4 is 17.2 Å². The summed E-state index contributed by atoms with van der Waals surface area (Å²) < 4.78 is 0. The third kappa shape index (κ3) is 4.96. The van der Waals surface area contributed by atoms with Crippen LogP contribution in [-0.2, 0) is 0 Å². The zero-order valence-electron chi connectivity index (χ0n) is 17.5. The molecule has 4 rings (SSSR count). The van der Waals surface area contributed by atoms with Gasteiger partial charge in [0.05, 0.1) is 0 Å². The molecule has 0 aliphatic carbocycles. The predicted octanol–water partition coefficient (Wildman–Crippen LogP) is 7.51. The molecule has 0 atom stereocenters. The topological polar surface area (TPSA) is 38.7 Å². The van der Waals surface area contributed by atoms with E-state index in [0.717, 1.165) is 33.4 Å². The fourth-order valence-corrected chi connectivity index (χ4v) is 3.48. The molecule has 1 heterocycles. The maximum atomic E-state index is 6.29. The molecule has 0 fully saturated rings. The molecule has 3 nitrogen and oxygen atoms in total. The highest BCUT2D eigenvalue weighted by Gasteiger charge is 2.11. The molecule has 4 aromatic rings. The minimum Gasteiger partial charge on any atom is -0.208 e. The van der Waals surface area contributed by atoms with Crippen molar-refractivity contribution in [1.82, 2.24) is 15.0 Å². The van der Waals surface area contributed by atoms with Crippen LogP contribution < -0.4 is 0 Å². The number of nitrogens with zero attached hydrogens (tertiary/aromatic N) is 3. The van der Waals surface area contributed by atoms with E-state index in [1.54, 1.807) is 0 Å². The largest absolute Gasteiger partial charge is 0.226 e. The van der Waals surface area contributed by atoms with E-state index in [-0.39, 0.29) is 5.28 Å². The molecule has 0 amide bonds. The van der Waals surface area contributed by atoms with Crippen LogP contribution in [0, 0.1) is 0 Å². The minimum absolute atomic E-state index is 0.177. The SMILES string of the molecule is CC=CC=C(C)c1cccc(-c2nc(Cl)nc(-c3cccc(-c4ccccc4)c3)n2)c1. The Kier molecular flexibility index (Phi) is 6.34. The van der Waals surface area contributed by atoms with Gasteiger partial charge in [-0.2, -0.15) is 9.97 Å². The zero-order valence-corrected chi connectivity index (χ0v) is 18.2. The van der Waals surface area contributed by atoms with Gasteiger partial charge in [0.2, 0.25) is 5.28 Å². The van der Waals surface area contributed by atoms with E-state index in [4.69, 9.17) is 16.6 Å². The summed E-state index contributed by atoms with van der Waals surface area (Å²) in [4.78, 5) is 13.5. The number of hydrogen-bond acceptors (Lipinski definition) is 3. The first kappa shape index (κ1) is 20.7. The lowest BCUT2D eigenvalue weighted by Crippen LogP contribution is -1.98. The molecule has 4 heteroatoms. The van der Waals surface area contributed by atoms with Crippen molar-refractivity contribution in [3.63, 3.8) is 0 Å². The molecule has 0 spiro atoms. The highest BCUT2D eigenvalue weighted by molar-refractivity contribution is 6.28. The standard InChI is InChI=1S/C27H22ClN3/c1-3-4-10-19(2)21-13-8-15-23(17-21)25-29-26(31-27(28)30-25)24-16-9-14-22(18-24)20-11-6-5-7-12-20/h3-18H,1-2H3. The van der Waals surface area contributed by atoms with Crippen LogP contribution in [0.25, 0.3) is 39.5 Å². The van der Waals surface area contributed by atoms with Gasteiger partial charge in [-0.1, -0.05) is 85.0 Å². The van der Waals surface area contributed by atoms with Crippen molar-refractivity contribution in [2.24, 2.45) is 0 Å². The molecular formula is C27H22ClN3. The van der Waals surface area contributed by atoms with E-state index in [2.05, 4.69) is 59.4 Å². The Morgan fingerprint density at radius 2 is 1.32 bits per heavy atom. The third-order valence-electron chi connectivity index (χ3n) is 4.95. The van der Waals surface area contributed by atoms with Gasteiger partial charge in [0.15, 0.2) is 11.6 Å². The lowest BCUT2D eigenvalue weighted by molar-refractivity contribution is 1.07. The van der Waals surface area contributed by atoms with Crippen LogP contribution in [0.15, 0.2) is 97.1 Å². The third-order valence-corrected chi connectivity index (χ3v) is 5.12. The fraction of sp³-hybridized carbons (Fsp3) is 0.0741. The predicted molar refractivity (Wildman–Crippen MR) is 130 cm³/mol. The molecule has 31 heavy (non-hydrogen) atoms. The molecule has 0 radical (unpaired) electrons. The number of allylic oxidation sites excluding steroid dienone is 4. The van der Waals surface area contributed by atoms with Gasteiger partial charge in [0.25, 0.3) is 0 Å². The number of aromatic nitrogens is 3. The van der Waals surface area contributed by atoms with Crippen molar-refractivity contribution in [3.8, 4) is 33.9 Å². The normalized spacial score (nSPS) is 11.8. The maximum Gasteiger partial charge on any atom is 0.226 e. The molecule has 0 bridgehead atoms. The molecule has 3 aromatic carbocycles. The smallest absolute Gasteiger partial charge is 0.208 e. The number of benzene rings is 3. The Morgan fingerprint density at radius 3 is 2.03 bits per heavy atom. The average molecular weight is 424 g/mol. The molecule has 0 saturated heterocycles. The van der Waals surface area contributed by atoms with Crippen LogP contribution in [0.5, 0.6) is 0 Å². The van der Waals surface area contributed by atoms with Gasteiger partial charge < -0.3 is 0 Å². The first-order chi connectivity index (χ1) is 15.1. The molecular weight excluding hydrogens is 402 g/mol. The Balaban J connectivity index is 1.74. The number of halogens is 1. The summed E-state index contributed by atoms with van der Waals surface area (Å²) in [5.41, 5.74) is 6.31. The van der Waals surface area contributed by atoms with E-state index >= 15 is 0 Å². The van der Waals surface area contributed by atoms with Gasteiger partial charge in [0, 0.05) is 11.1 Å². The van der Waals surface area contributed by atoms with Crippen LogP contribution in [0.1, 0.15) is 19.4 Å². The minimum atomic E-state index is 0.177. The van der Waals surface area contributed by atoms with Crippen LogP contribution >= 0.6 is 11.6 Å². The van der Waals surface area contributed by atoms with Crippen molar-refractivity contribution < 1.29 is 0 Å². The Labute approximate surface area is 187 Å². The summed E-state index contributed by atoms with van der Waals surface area (Å²) in [6.07, 6.45) is 6.12. The monoisotopic (exact) mass is 423 g/mol. The molecule has 0 saturated carbocycles. The highest BCUT2D eigenvalue weighted by atomic mass is 35.5. The number of hydrogen-bond donors (Lipinski definition) is 0. The summed E-state index contributed by atoms with van der Waals surface area (Å²) in [7, 11) is 0. The summed E-state index contributed by atoms with van der Waals surface area (Å²) in [6, 6.07) is 26.5. The van der Waals surface area contributed by atoms with Gasteiger partial charge in [-0.05, 0) is 59.8 Å². The van der Waals surface area contributed by atoms with Crippen LogP contribution in [0.3, 0.4) is 0 Å². The second-order valence-electron chi connectivity index (χ2n) is 7.15. The van der Waals surface area contributed by atoms with Gasteiger partial charge in [0.1, 0.15) is 0 Å².